The van der Waals surface area contributed by atoms with Crippen LogP contribution in [0.1, 0.15) is 28.8 Å². The second-order valence-electron chi connectivity index (χ2n) is 5.77. The molecule has 0 unspecified atom stereocenters. The number of piperazine rings is 1. The SMILES string of the molecule is O=C(c1cc(O)ccc1C(F)(F)F)N1CCN(C2CC2)C(=O)C1. The number of phenolic OH excluding ortho intramolecular Hbond substituents is 1. The fourth-order valence-corrected chi connectivity index (χ4v) is 2.76. The minimum Gasteiger partial charge on any atom is -0.508 e. The molecule has 1 aromatic carbocycles. The van der Waals surface area contributed by atoms with Crippen LogP contribution in [0.15, 0.2) is 18.2 Å². The Bertz CT molecular complexity index is 656. The molecule has 8 heteroatoms. The fourth-order valence-electron chi connectivity index (χ4n) is 2.76. The summed E-state index contributed by atoms with van der Waals surface area (Å²) < 4.78 is 39.1. The molecule has 0 radical (unpaired) electrons. The largest absolute Gasteiger partial charge is 0.508 e. The average molecular weight is 328 g/mol. The minimum absolute atomic E-state index is 0.189. The van der Waals surface area contributed by atoms with Crippen molar-refractivity contribution in [1.82, 2.24) is 9.80 Å². The Kier molecular flexibility index (Phi) is 3.69. The van der Waals surface area contributed by atoms with Gasteiger partial charge < -0.3 is 14.9 Å². The van der Waals surface area contributed by atoms with E-state index in [4.69, 9.17) is 0 Å². The molecule has 2 amide bonds. The Morgan fingerprint density at radius 2 is 1.91 bits per heavy atom. The van der Waals surface area contributed by atoms with Gasteiger partial charge in [0, 0.05) is 19.1 Å². The van der Waals surface area contributed by atoms with Gasteiger partial charge in [-0.1, -0.05) is 0 Å². The van der Waals surface area contributed by atoms with Crippen LogP contribution in [-0.4, -0.2) is 52.4 Å². The molecule has 3 rings (SSSR count). The highest BCUT2D eigenvalue weighted by atomic mass is 19.4. The Morgan fingerprint density at radius 1 is 1.22 bits per heavy atom. The number of nitrogens with zero attached hydrogens (tertiary/aromatic N) is 2. The van der Waals surface area contributed by atoms with Crippen LogP contribution < -0.4 is 0 Å². The van der Waals surface area contributed by atoms with Gasteiger partial charge in [0.15, 0.2) is 0 Å². The molecule has 23 heavy (non-hydrogen) atoms. The number of hydrogen-bond donors (Lipinski definition) is 1. The number of aromatic hydroxyl groups is 1. The van der Waals surface area contributed by atoms with Crippen molar-refractivity contribution in [2.75, 3.05) is 19.6 Å². The van der Waals surface area contributed by atoms with E-state index in [0.717, 1.165) is 29.9 Å². The third-order valence-electron chi connectivity index (χ3n) is 4.07. The van der Waals surface area contributed by atoms with Gasteiger partial charge in [-0.3, -0.25) is 9.59 Å². The lowest BCUT2D eigenvalue weighted by Crippen LogP contribution is -2.53. The molecule has 124 valence electrons. The van der Waals surface area contributed by atoms with Gasteiger partial charge in [-0.25, -0.2) is 0 Å². The first-order chi connectivity index (χ1) is 10.8. The third kappa shape index (κ3) is 3.11. The second kappa shape index (κ2) is 5.43. The summed E-state index contributed by atoms with van der Waals surface area (Å²) in [7, 11) is 0. The lowest BCUT2D eigenvalue weighted by Gasteiger charge is -2.34. The lowest BCUT2D eigenvalue weighted by atomic mass is 10.0. The number of alkyl halides is 3. The molecule has 0 atom stereocenters. The topological polar surface area (TPSA) is 60.9 Å². The van der Waals surface area contributed by atoms with Crippen LogP contribution in [0.25, 0.3) is 0 Å². The van der Waals surface area contributed by atoms with Gasteiger partial charge in [0.05, 0.1) is 11.1 Å². The molecule has 0 bridgehead atoms. The standard InChI is InChI=1S/C15H15F3N2O3/c16-15(17,18)12-4-3-10(21)7-11(12)14(23)19-5-6-20(9-1-2-9)13(22)8-19/h3-4,7,9,21H,1-2,5-6,8H2. The fraction of sp³-hybridized carbons (Fsp3) is 0.467. The van der Waals surface area contributed by atoms with Gasteiger partial charge in [-0.2, -0.15) is 13.2 Å². The third-order valence-corrected chi connectivity index (χ3v) is 4.07. The maximum absolute atomic E-state index is 13.0. The molecular weight excluding hydrogens is 313 g/mol. The van der Waals surface area contributed by atoms with Gasteiger partial charge in [-0.05, 0) is 31.0 Å². The molecule has 1 saturated carbocycles. The number of carbonyl (C=O) groups is 2. The van der Waals surface area contributed by atoms with E-state index in [1.165, 1.54) is 0 Å². The Hall–Kier alpha value is -2.25. The number of hydrogen-bond acceptors (Lipinski definition) is 3. The highest BCUT2D eigenvalue weighted by Gasteiger charge is 2.40. The van der Waals surface area contributed by atoms with Crippen LogP contribution in [0, 0.1) is 0 Å². The van der Waals surface area contributed by atoms with Crippen LogP contribution in [-0.2, 0) is 11.0 Å². The summed E-state index contributed by atoms with van der Waals surface area (Å²) in [5.74, 6) is -1.57. The molecule has 0 spiro atoms. The van der Waals surface area contributed by atoms with Crippen molar-refractivity contribution in [3.8, 4) is 5.75 Å². The van der Waals surface area contributed by atoms with E-state index >= 15 is 0 Å². The molecule has 1 aromatic rings. The van der Waals surface area contributed by atoms with E-state index in [1.807, 2.05) is 0 Å². The number of phenols is 1. The molecular formula is C15H15F3N2O3. The van der Waals surface area contributed by atoms with Crippen LogP contribution in [0.2, 0.25) is 0 Å². The quantitative estimate of drug-likeness (QED) is 0.901. The highest BCUT2D eigenvalue weighted by Crippen LogP contribution is 2.34. The summed E-state index contributed by atoms with van der Waals surface area (Å²) in [6, 6.07) is 2.56. The molecule has 5 nitrogen and oxygen atoms in total. The Labute approximate surface area is 130 Å². The van der Waals surface area contributed by atoms with Gasteiger partial charge in [0.1, 0.15) is 12.3 Å². The smallest absolute Gasteiger partial charge is 0.417 e. The zero-order valence-electron chi connectivity index (χ0n) is 12.1. The first-order valence-electron chi connectivity index (χ1n) is 7.26. The van der Waals surface area contributed by atoms with Crippen molar-refractivity contribution in [2.45, 2.75) is 25.1 Å². The van der Waals surface area contributed by atoms with E-state index in [0.29, 0.717) is 12.6 Å². The Morgan fingerprint density at radius 3 is 2.48 bits per heavy atom. The van der Waals surface area contributed by atoms with E-state index in [-0.39, 0.29) is 25.0 Å². The predicted octanol–water partition coefficient (Wildman–Crippen LogP) is 1.86. The molecule has 2 aliphatic rings. The van der Waals surface area contributed by atoms with Crippen molar-refractivity contribution in [1.29, 1.82) is 0 Å². The maximum Gasteiger partial charge on any atom is 0.417 e. The normalized spacial score (nSPS) is 19.2. The summed E-state index contributed by atoms with van der Waals surface area (Å²) in [4.78, 5) is 27.2. The van der Waals surface area contributed by atoms with E-state index in [2.05, 4.69) is 0 Å². The van der Waals surface area contributed by atoms with Gasteiger partial charge >= 0.3 is 6.18 Å². The maximum atomic E-state index is 13.0. The summed E-state index contributed by atoms with van der Waals surface area (Å²) in [5.41, 5.74) is -1.75. The number of amides is 2. The zero-order valence-corrected chi connectivity index (χ0v) is 12.1. The molecule has 0 aromatic heterocycles. The summed E-state index contributed by atoms with van der Waals surface area (Å²) in [5, 5.41) is 9.41. The number of halogens is 3. The van der Waals surface area contributed by atoms with Crippen LogP contribution >= 0.6 is 0 Å². The van der Waals surface area contributed by atoms with Crippen LogP contribution in [0.5, 0.6) is 5.75 Å². The number of rotatable bonds is 2. The predicted molar refractivity (Wildman–Crippen MR) is 73.7 cm³/mol. The van der Waals surface area contributed by atoms with Crippen LogP contribution in [0.4, 0.5) is 13.2 Å². The molecule has 1 aliphatic heterocycles. The lowest BCUT2D eigenvalue weighted by molar-refractivity contribution is -0.138. The average Bonchev–Trinajstić information content (AvgIpc) is 3.29. The minimum atomic E-state index is -4.71. The van der Waals surface area contributed by atoms with Crippen molar-refractivity contribution in [3.05, 3.63) is 29.3 Å². The van der Waals surface area contributed by atoms with Gasteiger partial charge in [0.2, 0.25) is 5.91 Å². The van der Waals surface area contributed by atoms with Gasteiger partial charge in [0.25, 0.3) is 5.91 Å². The van der Waals surface area contributed by atoms with E-state index in [1.54, 1.807) is 4.90 Å². The van der Waals surface area contributed by atoms with Crippen molar-refractivity contribution < 1.29 is 27.9 Å². The summed E-state index contributed by atoms with van der Waals surface area (Å²) >= 11 is 0. The number of carbonyl (C=O) groups excluding carboxylic acids is 2. The van der Waals surface area contributed by atoms with E-state index < -0.39 is 29.0 Å². The van der Waals surface area contributed by atoms with E-state index in [9.17, 15) is 27.9 Å². The molecule has 1 saturated heterocycles. The highest BCUT2D eigenvalue weighted by molar-refractivity contribution is 5.98. The van der Waals surface area contributed by atoms with Crippen molar-refractivity contribution >= 4 is 11.8 Å². The molecule has 1 aliphatic carbocycles. The molecule has 2 fully saturated rings. The monoisotopic (exact) mass is 328 g/mol. The Balaban J connectivity index is 1.83. The molecule has 1 heterocycles. The van der Waals surface area contributed by atoms with Crippen molar-refractivity contribution in [2.24, 2.45) is 0 Å². The van der Waals surface area contributed by atoms with Gasteiger partial charge in [-0.15, -0.1) is 0 Å². The van der Waals surface area contributed by atoms with Crippen LogP contribution in [0.3, 0.4) is 0 Å². The first kappa shape index (κ1) is 15.6. The van der Waals surface area contributed by atoms with Crippen molar-refractivity contribution in [3.63, 3.8) is 0 Å². The number of benzene rings is 1. The summed E-state index contributed by atoms with van der Waals surface area (Å²) in [6.07, 6.45) is -2.84. The zero-order chi connectivity index (χ0) is 16.8. The first-order valence-corrected chi connectivity index (χ1v) is 7.26. The molecule has 1 N–H and O–H groups in total. The second-order valence-corrected chi connectivity index (χ2v) is 5.77. The summed E-state index contributed by atoms with van der Waals surface area (Å²) in [6.45, 7) is 0.283.